The number of aromatic nitrogens is 1. The van der Waals surface area contributed by atoms with Gasteiger partial charge in [0.1, 0.15) is 23.0 Å². The van der Waals surface area contributed by atoms with E-state index >= 15 is 0 Å². The highest BCUT2D eigenvalue weighted by molar-refractivity contribution is 6.46. The third-order valence-electron chi connectivity index (χ3n) is 6.04. The lowest BCUT2D eigenvalue weighted by Crippen LogP contribution is -2.29. The van der Waals surface area contributed by atoms with Crippen LogP contribution in [-0.2, 0) is 16.1 Å². The zero-order valence-electron chi connectivity index (χ0n) is 19.9. The van der Waals surface area contributed by atoms with Gasteiger partial charge in [-0.25, -0.2) is 0 Å². The van der Waals surface area contributed by atoms with Crippen LogP contribution < -0.4 is 14.2 Å². The number of aliphatic hydroxyl groups excluding tert-OH is 1. The summed E-state index contributed by atoms with van der Waals surface area (Å²) in [6, 6.07) is 12.9. The van der Waals surface area contributed by atoms with E-state index < -0.39 is 17.7 Å². The molecule has 1 aromatic heterocycles. The number of amides is 1. The quantitative estimate of drug-likeness (QED) is 0.314. The van der Waals surface area contributed by atoms with Gasteiger partial charge in [0, 0.05) is 36.1 Å². The molecule has 8 heteroatoms. The van der Waals surface area contributed by atoms with Crippen molar-refractivity contribution in [2.75, 3.05) is 21.3 Å². The van der Waals surface area contributed by atoms with Crippen molar-refractivity contribution in [2.24, 2.45) is 0 Å². The number of rotatable bonds is 7. The number of aliphatic hydroxyl groups is 1. The summed E-state index contributed by atoms with van der Waals surface area (Å²) in [4.78, 5) is 32.2. The fourth-order valence-corrected chi connectivity index (χ4v) is 4.27. The maximum absolute atomic E-state index is 13.3. The minimum Gasteiger partial charge on any atom is -0.507 e. The van der Waals surface area contributed by atoms with Crippen molar-refractivity contribution in [1.82, 2.24) is 9.88 Å². The molecule has 2 heterocycles. The van der Waals surface area contributed by atoms with E-state index in [4.69, 9.17) is 14.2 Å². The summed E-state index contributed by atoms with van der Waals surface area (Å²) in [6.45, 7) is 1.92. The molecule has 1 aliphatic heterocycles. The molecule has 0 spiro atoms. The number of carbonyl (C=O) groups is 2. The van der Waals surface area contributed by atoms with Crippen LogP contribution in [0.15, 0.2) is 66.5 Å². The van der Waals surface area contributed by atoms with Crippen molar-refractivity contribution < 1.29 is 28.9 Å². The summed E-state index contributed by atoms with van der Waals surface area (Å²) >= 11 is 0. The Morgan fingerprint density at radius 3 is 2.34 bits per heavy atom. The van der Waals surface area contributed by atoms with Crippen molar-refractivity contribution in [3.05, 3.63) is 88.8 Å². The number of likely N-dealkylation sites (tertiary alicyclic amines) is 1. The summed E-state index contributed by atoms with van der Waals surface area (Å²) in [5, 5.41) is 11.4. The van der Waals surface area contributed by atoms with Crippen LogP contribution >= 0.6 is 0 Å². The van der Waals surface area contributed by atoms with Gasteiger partial charge >= 0.3 is 0 Å². The lowest BCUT2D eigenvalue weighted by molar-refractivity contribution is -0.140. The fourth-order valence-electron chi connectivity index (χ4n) is 4.27. The van der Waals surface area contributed by atoms with Crippen LogP contribution in [0.2, 0.25) is 0 Å². The molecule has 1 saturated heterocycles. The number of nitrogens with zero attached hydrogens (tertiary/aromatic N) is 2. The van der Waals surface area contributed by atoms with Crippen LogP contribution in [0.3, 0.4) is 0 Å². The Morgan fingerprint density at radius 2 is 1.71 bits per heavy atom. The summed E-state index contributed by atoms with van der Waals surface area (Å²) in [5.41, 5.74) is 2.40. The molecule has 4 rings (SSSR count). The maximum atomic E-state index is 13.3. The topological polar surface area (TPSA) is 98.2 Å². The highest BCUT2D eigenvalue weighted by Crippen LogP contribution is 2.44. The molecule has 0 aliphatic carbocycles. The normalized spacial score (nSPS) is 16.9. The highest BCUT2D eigenvalue weighted by atomic mass is 16.5. The Bertz CT molecular complexity index is 1300. The molecule has 35 heavy (non-hydrogen) atoms. The van der Waals surface area contributed by atoms with Crippen molar-refractivity contribution in [3.8, 4) is 17.2 Å². The average molecular weight is 475 g/mol. The number of hydrogen-bond acceptors (Lipinski definition) is 7. The molecular weight excluding hydrogens is 448 g/mol. The van der Waals surface area contributed by atoms with E-state index in [-0.39, 0.29) is 17.9 Å². The van der Waals surface area contributed by atoms with E-state index in [1.165, 1.54) is 19.1 Å². The summed E-state index contributed by atoms with van der Waals surface area (Å²) in [6.07, 6.45) is 3.27. The van der Waals surface area contributed by atoms with Crippen LogP contribution in [0.25, 0.3) is 5.76 Å². The van der Waals surface area contributed by atoms with Crippen LogP contribution in [0.1, 0.15) is 28.3 Å². The van der Waals surface area contributed by atoms with Crippen LogP contribution in [0.5, 0.6) is 17.2 Å². The predicted molar refractivity (Wildman–Crippen MR) is 129 cm³/mol. The first-order valence-corrected chi connectivity index (χ1v) is 10.9. The van der Waals surface area contributed by atoms with Gasteiger partial charge in [0.2, 0.25) is 0 Å². The molecular formula is C27H26N2O6. The molecule has 0 saturated carbocycles. The Hall–Kier alpha value is -4.33. The molecule has 1 fully saturated rings. The van der Waals surface area contributed by atoms with Gasteiger partial charge in [-0.05, 0) is 54.4 Å². The molecule has 1 N–H and O–H groups in total. The van der Waals surface area contributed by atoms with Crippen molar-refractivity contribution >= 4 is 17.4 Å². The summed E-state index contributed by atoms with van der Waals surface area (Å²) in [7, 11) is 4.59. The predicted octanol–water partition coefficient (Wildman–Crippen LogP) is 4.04. The molecule has 1 amide bonds. The van der Waals surface area contributed by atoms with Gasteiger partial charge in [0.05, 0.1) is 32.9 Å². The molecule has 1 atom stereocenters. The Morgan fingerprint density at radius 1 is 1.00 bits per heavy atom. The largest absolute Gasteiger partial charge is 0.507 e. The number of hydrogen-bond donors (Lipinski definition) is 1. The number of ether oxygens (including phenoxy) is 3. The van der Waals surface area contributed by atoms with Crippen molar-refractivity contribution in [2.45, 2.75) is 19.5 Å². The second kappa shape index (κ2) is 9.89. The Balaban J connectivity index is 1.93. The van der Waals surface area contributed by atoms with Crippen LogP contribution in [-0.4, -0.2) is 48.0 Å². The molecule has 8 nitrogen and oxygen atoms in total. The number of carbonyl (C=O) groups excluding carboxylic acids is 2. The van der Waals surface area contributed by atoms with Gasteiger partial charge in [-0.3, -0.25) is 14.6 Å². The van der Waals surface area contributed by atoms with Gasteiger partial charge in [-0.15, -0.1) is 0 Å². The van der Waals surface area contributed by atoms with Gasteiger partial charge in [-0.2, -0.15) is 0 Å². The number of pyridine rings is 1. The van der Waals surface area contributed by atoms with E-state index in [0.29, 0.717) is 33.9 Å². The summed E-state index contributed by atoms with van der Waals surface area (Å²) < 4.78 is 16.2. The number of aryl methyl sites for hydroxylation is 1. The van der Waals surface area contributed by atoms with Crippen molar-refractivity contribution in [1.29, 1.82) is 0 Å². The number of methoxy groups -OCH3 is 3. The number of Topliss-reactive ketones (excluding diaryl/α,β-unsaturated/α-hetero) is 1. The smallest absolute Gasteiger partial charge is 0.295 e. The molecule has 3 aromatic rings. The fraction of sp³-hybridized carbons (Fsp3) is 0.222. The maximum Gasteiger partial charge on any atom is 0.295 e. The lowest BCUT2D eigenvalue weighted by atomic mass is 9.93. The highest BCUT2D eigenvalue weighted by Gasteiger charge is 2.47. The van der Waals surface area contributed by atoms with Gasteiger partial charge < -0.3 is 24.2 Å². The first-order chi connectivity index (χ1) is 16.9. The third-order valence-corrected chi connectivity index (χ3v) is 6.04. The van der Waals surface area contributed by atoms with Crippen LogP contribution in [0.4, 0.5) is 0 Å². The zero-order valence-corrected chi connectivity index (χ0v) is 19.9. The first-order valence-electron chi connectivity index (χ1n) is 10.9. The van der Waals surface area contributed by atoms with Crippen LogP contribution in [0, 0.1) is 6.92 Å². The first kappa shape index (κ1) is 23.8. The standard InChI is InChI=1S/C27H26N2O6/c1-16-12-18(33-2)7-9-20(16)25(30)23-24(21-10-8-19(34-3)13-22(21)35-4)29(27(32)26(23)31)15-17-6-5-11-28-14-17/h5-14,24,30H,15H2,1-4H3/t24-/m1/s1. The second-order valence-corrected chi connectivity index (χ2v) is 8.08. The Labute approximate surface area is 203 Å². The number of benzene rings is 2. The summed E-state index contributed by atoms with van der Waals surface area (Å²) in [5.74, 6) is -0.163. The molecule has 0 unspecified atom stereocenters. The molecule has 1 aliphatic rings. The zero-order chi connectivity index (χ0) is 25.1. The van der Waals surface area contributed by atoms with Gasteiger partial charge in [0.15, 0.2) is 0 Å². The molecule has 2 aromatic carbocycles. The minimum atomic E-state index is -0.891. The van der Waals surface area contributed by atoms with E-state index in [2.05, 4.69) is 4.98 Å². The van der Waals surface area contributed by atoms with Gasteiger partial charge in [-0.1, -0.05) is 6.07 Å². The van der Waals surface area contributed by atoms with E-state index in [9.17, 15) is 14.7 Å². The lowest BCUT2D eigenvalue weighted by Gasteiger charge is -2.27. The second-order valence-electron chi connectivity index (χ2n) is 8.08. The Kier molecular flexibility index (Phi) is 6.73. The monoisotopic (exact) mass is 474 g/mol. The van der Waals surface area contributed by atoms with E-state index in [1.807, 2.05) is 6.07 Å². The molecule has 0 radical (unpaired) electrons. The molecule has 0 bridgehead atoms. The van der Waals surface area contributed by atoms with E-state index in [1.54, 1.807) is 68.9 Å². The van der Waals surface area contributed by atoms with E-state index in [0.717, 1.165) is 5.56 Å². The third kappa shape index (κ3) is 4.42. The average Bonchev–Trinajstić information content (AvgIpc) is 3.13. The SMILES string of the molecule is COc1ccc(C(O)=C2C(=O)C(=O)N(Cc3cccnc3)[C@@H]2c2ccc(OC)cc2OC)c(C)c1. The number of ketones is 1. The molecule has 180 valence electrons. The minimum absolute atomic E-state index is 0.0179. The van der Waals surface area contributed by atoms with Gasteiger partial charge in [0.25, 0.3) is 11.7 Å². The van der Waals surface area contributed by atoms with Crippen molar-refractivity contribution in [3.63, 3.8) is 0 Å².